The Hall–Kier alpha value is -2.04. The largest absolute Gasteiger partial charge is 0.365 e. The first-order valence-electron chi connectivity index (χ1n) is 6.60. The molecule has 106 valence electrons. The number of hydrogen-bond donors (Lipinski definition) is 1. The smallest absolute Gasteiger partial charge is 0.186 e. The van der Waals surface area contributed by atoms with Crippen LogP contribution in [-0.4, -0.2) is 16.0 Å². The third-order valence-electron chi connectivity index (χ3n) is 3.03. The van der Waals surface area contributed by atoms with E-state index in [-0.39, 0.29) is 17.7 Å². The number of rotatable bonds is 5. The van der Waals surface area contributed by atoms with E-state index in [9.17, 15) is 8.78 Å². The molecule has 2 aromatic rings. The van der Waals surface area contributed by atoms with Gasteiger partial charge >= 0.3 is 0 Å². The Balaban J connectivity index is 2.04. The summed E-state index contributed by atoms with van der Waals surface area (Å²) in [5.41, 5.74) is 1.38. The molecule has 1 aromatic heterocycles. The third-order valence-corrected chi connectivity index (χ3v) is 3.03. The Morgan fingerprint density at radius 1 is 1.15 bits per heavy atom. The van der Waals surface area contributed by atoms with E-state index in [4.69, 9.17) is 0 Å². The van der Waals surface area contributed by atoms with Gasteiger partial charge < -0.3 is 5.32 Å². The topological polar surface area (TPSA) is 37.8 Å². The summed E-state index contributed by atoms with van der Waals surface area (Å²) in [4.78, 5) is 7.82. The van der Waals surface area contributed by atoms with Crippen molar-refractivity contribution >= 4 is 5.82 Å². The van der Waals surface area contributed by atoms with Gasteiger partial charge in [0, 0.05) is 6.04 Å². The summed E-state index contributed by atoms with van der Waals surface area (Å²) in [7, 11) is 0. The van der Waals surface area contributed by atoms with Gasteiger partial charge in [-0.25, -0.2) is 18.7 Å². The van der Waals surface area contributed by atoms with E-state index in [1.807, 2.05) is 13.8 Å². The van der Waals surface area contributed by atoms with Crippen LogP contribution < -0.4 is 5.32 Å². The van der Waals surface area contributed by atoms with E-state index < -0.39 is 5.82 Å². The number of nitrogens with one attached hydrogen (secondary N) is 1. The molecule has 0 saturated heterocycles. The molecule has 0 amide bonds. The molecule has 1 N–H and O–H groups in total. The summed E-state index contributed by atoms with van der Waals surface area (Å²) in [6.45, 7) is 3.77. The Morgan fingerprint density at radius 2 is 1.85 bits per heavy atom. The van der Waals surface area contributed by atoms with Crippen LogP contribution in [0.4, 0.5) is 14.6 Å². The zero-order valence-electron chi connectivity index (χ0n) is 11.5. The second-order valence-electron chi connectivity index (χ2n) is 4.71. The number of anilines is 1. The molecule has 0 fully saturated rings. The van der Waals surface area contributed by atoms with Crippen molar-refractivity contribution in [1.82, 2.24) is 9.97 Å². The summed E-state index contributed by atoms with van der Waals surface area (Å²) in [6, 6.07) is 6.27. The van der Waals surface area contributed by atoms with Gasteiger partial charge in [-0.2, -0.15) is 0 Å². The first-order chi connectivity index (χ1) is 9.60. The van der Waals surface area contributed by atoms with Gasteiger partial charge in [0.25, 0.3) is 0 Å². The number of aryl methyl sites for hydroxylation is 1. The van der Waals surface area contributed by atoms with E-state index >= 15 is 0 Å². The lowest BCUT2D eigenvalue weighted by molar-refractivity contribution is 0.592. The van der Waals surface area contributed by atoms with Crippen molar-refractivity contribution in [3.05, 3.63) is 53.5 Å². The van der Waals surface area contributed by atoms with E-state index in [2.05, 4.69) is 15.3 Å². The fourth-order valence-electron chi connectivity index (χ4n) is 2.01. The lowest BCUT2D eigenvalue weighted by Gasteiger charge is -2.15. The van der Waals surface area contributed by atoms with Crippen LogP contribution in [0.25, 0.3) is 0 Å². The summed E-state index contributed by atoms with van der Waals surface area (Å²) < 4.78 is 26.8. The van der Waals surface area contributed by atoms with Crippen LogP contribution in [0.1, 0.15) is 25.1 Å². The molecule has 0 aliphatic rings. The van der Waals surface area contributed by atoms with E-state index in [1.165, 1.54) is 18.5 Å². The van der Waals surface area contributed by atoms with Crippen molar-refractivity contribution in [3.8, 4) is 0 Å². The molecule has 0 aliphatic carbocycles. The molecule has 1 heterocycles. The highest BCUT2D eigenvalue weighted by molar-refractivity contribution is 5.38. The average molecular weight is 277 g/mol. The van der Waals surface area contributed by atoms with Crippen molar-refractivity contribution < 1.29 is 8.78 Å². The fraction of sp³-hybridized carbons (Fsp3) is 0.333. The van der Waals surface area contributed by atoms with Gasteiger partial charge in [0.05, 0.1) is 5.69 Å². The summed E-state index contributed by atoms with van der Waals surface area (Å²) >= 11 is 0. The third kappa shape index (κ3) is 3.50. The highest BCUT2D eigenvalue weighted by Crippen LogP contribution is 2.15. The van der Waals surface area contributed by atoms with E-state index in [0.29, 0.717) is 18.5 Å². The average Bonchev–Trinajstić information content (AvgIpc) is 2.44. The number of aromatic nitrogens is 2. The summed E-state index contributed by atoms with van der Waals surface area (Å²) in [5.74, 6) is -0.448. The Labute approximate surface area is 117 Å². The van der Waals surface area contributed by atoms with Gasteiger partial charge in [-0.1, -0.05) is 19.1 Å². The highest BCUT2D eigenvalue weighted by Gasteiger charge is 2.12. The van der Waals surface area contributed by atoms with Crippen molar-refractivity contribution in [2.75, 3.05) is 5.32 Å². The van der Waals surface area contributed by atoms with E-state index in [1.54, 1.807) is 12.1 Å². The number of halogens is 2. The molecule has 1 aromatic carbocycles. The van der Waals surface area contributed by atoms with Gasteiger partial charge in [0.1, 0.15) is 12.1 Å². The maximum absolute atomic E-state index is 14.0. The molecular weight excluding hydrogens is 260 g/mol. The summed E-state index contributed by atoms with van der Waals surface area (Å²) in [6.07, 6.45) is 2.54. The number of benzene rings is 1. The maximum atomic E-state index is 14.0. The molecule has 3 nitrogen and oxygen atoms in total. The van der Waals surface area contributed by atoms with Gasteiger partial charge in [-0.15, -0.1) is 0 Å². The van der Waals surface area contributed by atoms with Crippen LogP contribution >= 0.6 is 0 Å². The summed E-state index contributed by atoms with van der Waals surface area (Å²) in [5, 5.41) is 3.03. The minimum Gasteiger partial charge on any atom is -0.365 e. The monoisotopic (exact) mass is 277 g/mol. The predicted octanol–water partition coefficient (Wildman–Crippen LogP) is 3.36. The molecule has 0 bridgehead atoms. The highest BCUT2D eigenvalue weighted by atomic mass is 19.1. The van der Waals surface area contributed by atoms with Crippen LogP contribution in [-0.2, 0) is 12.8 Å². The Morgan fingerprint density at radius 3 is 2.50 bits per heavy atom. The Bertz CT molecular complexity index is 570. The molecule has 0 aliphatic heterocycles. The Kier molecular flexibility index (Phi) is 4.61. The van der Waals surface area contributed by atoms with Crippen LogP contribution in [0, 0.1) is 11.6 Å². The number of nitrogens with zero attached hydrogens (tertiary/aromatic N) is 2. The number of hydrogen-bond acceptors (Lipinski definition) is 3. The predicted molar refractivity (Wildman–Crippen MR) is 74.6 cm³/mol. The molecule has 2 rings (SSSR count). The lowest BCUT2D eigenvalue weighted by atomic mass is 10.1. The zero-order chi connectivity index (χ0) is 14.5. The van der Waals surface area contributed by atoms with Crippen LogP contribution in [0.5, 0.6) is 0 Å². The molecule has 0 spiro atoms. The van der Waals surface area contributed by atoms with Crippen molar-refractivity contribution in [1.29, 1.82) is 0 Å². The van der Waals surface area contributed by atoms with Crippen LogP contribution in [0.3, 0.4) is 0 Å². The fourth-order valence-corrected chi connectivity index (χ4v) is 2.01. The van der Waals surface area contributed by atoms with Crippen molar-refractivity contribution in [2.45, 2.75) is 32.7 Å². The maximum Gasteiger partial charge on any atom is 0.186 e. The molecule has 0 radical (unpaired) electrons. The molecule has 5 heteroatoms. The molecule has 1 unspecified atom stereocenters. The molecule has 0 saturated carbocycles. The second-order valence-corrected chi connectivity index (χ2v) is 4.71. The van der Waals surface area contributed by atoms with Gasteiger partial charge in [0.2, 0.25) is 0 Å². The normalized spacial score (nSPS) is 12.2. The van der Waals surface area contributed by atoms with Gasteiger partial charge in [-0.3, -0.25) is 0 Å². The van der Waals surface area contributed by atoms with Crippen molar-refractivity contribution in [2.24, 2.45) is 0 Å². The second kappa shape index (κ2) is 6.41. The lowest BCUT2D eigenvalue weighted by Crippen LogP contribution is -2.20. The quantitative estimate of drug-likeness (QED) is 0.910. The van der Waals surface area contributed by atoms with Crippen LogP contribution in [0.2, 0.25) is 0 Å². The molecule has 20 heavy (non-hydrogen) atoms. The van der Waals surface area contributed by atoms with Gasteiger partial charge in [0.15, 0.2) is 11.6 Å². The first kappa shape index (κ1) is 14.4. The van der Waals surface area contributed by atoms with Crippen LogP contribution in [0.15, 0.2) is 30.6 Å². The minimum absolute atomic E-state index is 0.0189. The van der Waals surface area contributed by atoms with Gasteiger partial charge in [-0.05, 0) is 37.5 Å². The SMILES string of the molecule is CCc1ncnc(NC(C)Cc2ccc(F)cc2)c1F. The molecule has 1 atom stereocenters. The van der Waals surface area contributed by atoms with Crippen molar-refractivity contribution in [3.63, 3.8) is 0 Å². The first-order valence-corrected chi connectivity index (χ1v) is 6.60. The zero-order valence-corrected chi connectivity index (χ0v) is 11.5. The van der Waals surface area contributed by atoms with E-state index in [0.717, 1.165) is 5.56 Å². The standard InChI is InChI=1S/C15H17F2N3/c1-3-13-14(17)15(19-9-18-13)20-10(2)8-11-4-6-12(16)7-5-11/h4-7,9-10H,3,8H2,1-2H3,(H,18,19,20). The minimum atomic E-state index is -0.402. The molecular formula is C15H17F2N3.